The molecule has 0 aromatic heterocycles. The molecule has 2 nitrogen and oxygen atoms in total. The van der Waals surface area contributed by atoms with Gasteiger partial charge in [0, 0.05) is 5.69 Å². The molecule has 0 saturated carbocycles. The maximum Gasteiger partial charge on any atom is 0.0991 e. The van der Waals surface area contributed by atoms with Gasteiger partial charge in [-0.25, -0.2) is 0 Å². The first-order chi connectivity index (χ1) is 7.33. The zero-order valence-corrected chi connectivity index (χ0v) is 8.30. The molecule has 0 radical (unpaired) electrons. The molecule has 0 aliphatic rings. The molecule has 0 saturated heterocycles. The number of hydrogen-bond donors (Lipinski definition) is 1. The Balaban J connectivity index is 0.000000151. The quantitative estimate of drug-likeness (QED) is 0.658. The molecule has 2 rings (SSSR count). The van der Waals surface area contributed by atoms with Crippen molar-refractivity contribution in [1.29, 1.82) is 5.26 Å². The summed E-state index contributed by atoms with van der Waals surface area (Å²) in [6.07, 6.45) is 0. The molecule has 0 bridgehead atoms. The Hall–Kier alpha value is -2.27. The van der Waals surface area contributed by atoms with Gasteiger partial charge < -0.3 is 5.73 Å². The molecule has 0 unspecified atom stereocenters. The first-order valence-electron chi connectivity index (χ1n) is 4.58. The molecule has 0 spiro atoms. The number of nitrogens with zero attached hydrogens (tertiary/aromatic N) is 1. The van der Waals surface area contributed by atoms with Crippen molar-refractivity contribution in [2.75, 3.05) is 5.73 Å². The average molecular weight is 196 g/mol. The van der Waals surface area contributed by atoms with Crippen LogP contribution in [0.15, 0.2) is 60.7 Å². The molecule has 0 fully saturated rings. The summed E-state index contributed by atoms with van der Waals surface area (Å²) in [6, 6.07) is 20.7. The molecule has 0 aliphatic heterocycles. The molecule has 2 aromatic carbocycles. The average Bonchev–Trinajstić information content (AvgIpc) is 2.32. The van der Waals surface area contributed by atoms with E-state index in [0.29, 0.717) is 5.56 Å². The lowest BCUT2D eigenvalue weighted by Gasteiger charge is -1.83. The maximum atomic E-state index is 8.29. The van der Waals surface area contributed by atoms with Gasteiger partial charge in [0.05, 0.1) is 11.6 Å². The van der Waals surface area contributed by atoms with Crippen molar-refractivity contribution < 1.29 is 0 Å². The Bertz CT molecular complexity index is 415. The Morgan fingerprint density at radius 1 is 0.800 bits per heavy atom. The van der Waals surface area contributed by atoms with E-state index in [9.17, 15) is 0 Å². The summed E-state index contributed by atoms with van der Waals surface area (Å²) < 4.78 is 0. The lowest BCUT2D eigenvalue weighted by molar-refractivity contribution is 1.49. The monoisotopic (exact) mass is 196 g/mol. The first-order valence-corrected chi connectivity index (χ1v) is 4.58. The zero-order valence-electron chi connectivity index (χ0n) is 8.30. The third kappa shape index (κ3) is 4.49. The van der Waals surface area contributed by atoms with Crippen LogP contribution in [0.1, 0.15) is 5.56 Å². The van der Waals surface area contributed by atoms with E-state index in [1.54, 1.807) is 12.1 Å². The summed E-state index contributed by atoms with van der Waals surface area (Å²) in [4.78, 5) is 0. The van der Waals surface area contributed by atoms with E-state index >= 15 is 0 Å². The lowest BCUT2D eigenvalue weighted by Crippen LogP contribution is -1.79. The van der Waals surface area contributed by atoms with Gasteiger partial charge in [0.1, 0.15) is 0 Å². The smallest absolute Gasteiger partial charge is 0.0991 e. The molecule has 2 aromatic rings. The minimum atomic E-state index is 0.715. The summed E-state index contributed by atoms with van der Waals surface area (Å²) in [6.45, 7) is 0. The number of anilines is 1. The Morgan fingerprint density at radius 2 is 1.27 bits per heavy atom. The van der Waals surface area contributed by atoms with Gasteiger partial charge in [-0.05, 0) is 24.3 Å². The normalized spacial score (nSPS) is 8.20. The fourth-order valence-corrected chi connectivity index (χ4v) is 0.966. The van der Waals surface area contributed by atoms with Crippen LogP contribution in [-0.2, 0) is 0 Å². The molecule has 2 N–H and O–H groups in total. The number of para-hydroxylation sites is 1. The van der Waals surface area contributed by atoms with Crippen molar-refractivity contribution in [3.8, 4) is 6.07 Å². The van der Waals surface area contributed by atoms with Crippen molar-refractivity contribution in [2.24, 2.45) is 0 Å². The summed E-state index contributed by atoms with van der Waals surface area (Å²) in [5, 5.41) is 8.29. The highest BCUT2D eigenvalue weighted by Crippen LogP contribution is 1.96. The van der Waals surface area contributed by atoms with Crippen molar-refractivity contribution in [3.63, 3.8) is 0 Å². The maximum absolute atomic E-state index is 8.29. The molecule has 74 valence electrons. The molecule has 15 heavy (non-hydrogen) atoms. The second kappa shape index (κ2) is 6.22. The van der Waals surface area contributed by atoms with Crippen LogP contribution in [0.25, 0.3) is 0 Å². The fourth-order valence-electron chi connectivity index (χ4n) is 0.966. The van der Waals surface area contributed by atoms with E-state index in [0.717, 1.165) is 5.69 Å². The number of nitrogen functional groups attached to an aromatic ring is 1. The van der Waals surface area contributed by atoms with Crippen molar-refractivity contribution >= 4 is 5.69 Å². The number of nitrogens with two attached hydrogens (primary N) is 1. The van der Waals surface area contributed by atoms with Crippen LogP contribution in [0, 0.1) is 11.3 Å². The minimum absolute atomic E-state index is 0.715. The largest absolute Gasteiger partial charge is 0.399 e. The predicted molar refractivity (Wildman–Crippen MR) is 62.0 cm³/mol. The minimum Gasteiger partial charge on any atom is -0.399 e. The van der Waals surface area contributed by atoms with Gasteiger partial charge in [0.2, 0.25) is 0 Å². The molecule has 0 atom stereocenters. The molecule has 0 aliphatic carbocycles. The van der Waals surface area contributed by atoms with Crippen molar-refractivity contribution in [2.45, 2.75) is 0 Å². The number of rotatable bonds is 0. The number of benzene rings is 2. The first kappa shape index (κ1) is 10.8. The van der Waals surface area contributed by atoms with Gasteiger partial charge in [0.25, 0.3) is 0 Å². The van der Waals surface area contributed by atoms with Gasteiger partial charge in [0.15, 0.2) is 0 Å². The highest BCUT2D eigenvalue weighted by molar-refractivity contribution is 5.35. The van der Waals surface area contributed by atoms with Crippen LogP contribution < -0.4 is 5.73 Å². The van der Waals surface area contributed by atoms with E-state index in [4.69, 9.17) is 11.0 Å². The van der Waals surface area contributed by atoms with Gasteiger partial charge >= 0.3 is 0 Å². The molecule has 2 heteroatoms. The SMILES string of the molecule is N#Cc1ccccc1.Nc1ccccc1. The summed E-state index contributed by atoms with van der Waals surface area (Å²) in [7, 11) is 0. The Labute approximate surface area is 89.6 Å². The summed E-state index contributed by atoms with van der Waals surface area (Å²) in [5.41, 5.74) is 6.89. The second-order valence-corrected chi connectivity index (χ2v) is 2.89. The highest BCUT2D eigenvalue weighted by Gasteiger charge is 1.79. The second-order valence-electron chi connectivity index (χ2n) is 2.89. The van der Waals surface area contributed by atoms with Crippen LogP contribution in [0.4, 0.5) is 5.69 Å². The topological polar surface area (TPSA) is 49.8 Å². The van der Waals surface area contributed by atoms with Crippen LogP contribution in [-0.4, -0.2) is 0 Å². The van der Waals surface area contributed by atoms with Crippen LogP contribution in [0.5, 0.6) is 0 Å². The highest BCUT2D eigenvalue weighted by atomic mass is 14.5. The van der Waals surface area contributed by atoms with E-state index in [2.05, 4.69) is 0 Å². The lowest BCUT2D eigenvalue weighted by atomic mass is 10.2. The molecular formula is C13H12N2. The Morgan fingerprint density at radius 3 is 1.53 bits per heavy atom. The van der Waals surface area contributed by atoms with Gasteiger partial charge in [-0.2, -0.15) is 5.26 Å². The van der Waals surface area contributed by atoms with E-state index in [-0.39, 0.29) is 0 Å². The fraction of sp³-hybridized carbons (Fsp3) is 0. The third-order valence-corrected chi connectivity index (χ3v) is 1.70. The van der Waals surface area contributed by atoms with Crippen LogP contribution >= 0.6 is 0 Å². The predicted octanol–water partition coefficient (Wildman–Crippen LogP) is 2.83. The van der Waals surface area contributed by atoms with Gasteiger partial charge in [-0.3, -0.25) is 0 Å². The van der Waals surface area contributed by atoms with E-state index in [1.165, 1.54) is 0 Å². The number of hydrogen-bond acceptors (Lipinski definition) is 2. The molecular weight excluding hydrogens is 184 g/mol. The standard InChI is InChI=1S/C7H5N.C6H7N/c8-6-7-4-2-1-3-5-7;7-6-4-2-1-3-5-6/h1-5H;1-5H,7H2. The van der Waals surface area contributed by atoms with E-state index < -0.39 is 0 Å². The van der Waals surface area contributed by atoms with Gasteiger partial charge in [-0.15, -0.1) is 0 Å². The number of nitriles is 1. The van der Waals surface area contributed by atoms with Crippen LogP contribution in [0.2, 0.25) is 0 Å². The zero-order chi connectivity index (χ0) is 10.9. The summed E-state index contributed by atoms with van der Waals surface area (Å²) >= 11 is 0. The van der Waals surface area contributed by atoms with Crippen molar-refractivity contribution in [3.05, 3.63) is 66.2 Å². The molecule has 0 heterocycles. The third-order valence-electron chi connectivity index (χ3n) is 1.70. The van der Waals surface area contributed by atoms with Crippen molar-refractivity contribution in [1.82, 2.24) is 0 Å². The van der Waals surface area contributed by atoms with Crippen LogP contribution in [0.3, 0.4) is 0 Å². The van der Waals surface area contributed by atoms with E-state index in [1.807, 2.05) is 54.6 Å². The summed E-state index contributed by atoms with van der Waals surface area (Å²) in [5.74, 6) is 0. The molecule has 0 amide bonds. The van der Waals surface area contributed by atoms with Gasteiger partial charge in [-0.1, -0.05) is 36.4 Å². The Kier molecular flexibility index (Phi) is 4.49.